The molecule has 0 aromatic carbocycles. The molecule has 0 aliphatic carbocycles. The fourth-order valence-corrected chi connectivity index (χ4v) is 2.10. The second-order valence-electron chi connectivity index (χ2n) is 3.97. The SMILES string of the molecule is CC(=O)NC1CNCC1c1nccn1C.Cl.Cl. The van der Waals surface area contributed by atoms with Crippen molar-refractivity contribution in [3.05, 3.63) is 18.2 Å². The van der Waals surface area contributed by atoms with E-state index in [9.17, 15) is 4.79 Å². The largest absolute Gasteiger partial charge is 0.352 e. The zero-order valence-corrected chi connectivity index (χ0v) is 11.5. The van der Waals surface area contributed by atoms with Gasteiger partial charge in [-0.25, -0.2) is 4.98 Å². The third-order valence-electron chi connectivity index (χ3n) is 2.79. The maximum Gasteiger partial charge on any atom is 0.217 e. The number of hydrogen-bond acceptors (Lipinski definition) is 3. The molecule has 1 fully saturated rings. The zero-order chi connectivity index (χ0) is 10.8. The van der Waals surface area contributed by atoms with Crippen LogP contribution in [-0.4, -0.2) is 34.6 Å². The Kier molecular flexibility index (Phi) is 6.52. The van der Waals surface area contributed by atoms with Crippen LogP contribution in [0.4, 0.5) is 0 Å². The summed E-state index contributed by atoms with van der Waals surface area (Å²) in [7, 11) is 1.98. The van der Waals surface area contributed by atoms with Crippen molar-refractivity contribution in [2.75, 3.05) is 13.1 Å². The number of imidazole rings is 1. The molecule has 1 aromatic heterocycles. The Morgan fingerprint density at radius 3 is 2.76 bits per heavy atom. The van der Waals surface area contributed by atoms with E-state index < -0.39 is 0 Å². The topological polar surface area (TPSA) is 59.0 Å². The third-order valence-corrected chi connectivity index (χ3v) is 2.79. The first-order valence-corrected chi connectivity index (χ1v) is 5.13. The van der Waals surface area contributed by atoms with E-state index in [1.54, 1.807) is 13.1 Å². The van der Waals surface area contributed by atoms with E-state index >= 15 is 0 Å². The number of halogens is 2. The van der Waals surface area contributed by atoms with Gasteiger partial charge in [-0.3, -0.25) is 4.79 Å². The van der Waals surface area contributed by atoms with E-state index in [4.69, 9.17) is 0 Å². The van der Waals surface area contributed by atoms with Crippen LogP contribution in [0.3, 0.4) is 0 Å². The maximum absolute atomic E-state index is 11.0. The summed E-state index contributed by atoms with van der Waals surface area (Å²) >= 11 is 0. The molecule has 2 rings (SSSR count). The Balaban J connectivity index is 0.00000128. The van der Waals surface area contributed by atoms with Crippen LogP contribution in [0.2, 0.25) is 0 Å². The molecular formula is C10H18Cl2N4O. The predicted octanol–water partition coefficient (Wildman–Crippen LogP) is 0.455. The summed E-state index contributed by atoms with van der Waals surface area (Å²) in [5, 5.41) is 6.23. The van der Waals surface area contributed by atoms with Gasteiger partial charge in [0, 0.05) is 39.5 Å². The molecule has 0 saturated carbocycles. The van der Waals surface area contributed by atoms with Crippen LogP contribution >= 0.6 is 24.8 Å². The zero-order valence-electron chi connectivity index (χ0n) is 9.84. The van der Waals surface area contributed by atoms with E-state index in [2.05, 4.69) is 15.6 Å². The van der Waals surface area contributed by atoms with Crippen molar-refractivity contribution in [3.8, 4) is 0 Å². The second kappa shape index (κ2) is 6.83. The lowest BCUT2D eigenvalue weighted by Crippen LogP contribution is -2.38. The van der Waals surface area contributed by atoms with Gasteiger partial charge in [0.1, 0.15) is 5.82 Å². The van der Waals surface area contributed by atoms with Gasteiger partial charge in [0.2, 0.25) is 5.91 Å². The molecule has 7 heteroatoms. The van der Waals surface area contributed by atoms with Gasteiger partial charge >= 0.3 is 0 Å². The summed E-state index contributed by atoms with van der Waals surface area (Å²) < 4.78 is 2.01. The highest BCUT2D eigenvalue weighted by molar-refractivity contribution is 5.85. The molecule has 17 heavy (non-hydrogen) atoms. The quantitative estimate of drug-likeness (QED) is 0.827. The smallest absolute Gasteiger partial charge is 0.217 e. The van der Waals surface area contributed by atoms with Crippen LogP contribution in [0.25, 0.3) is 0 Å². The molecule has 2 unspecified atom stereocenters. The van der Waals surface area contributed by atoms with Crippen LogP contribution in [0.15, 0.2) is 12.4 Å². The molecule has 1 aromatic rings. The van der Waals surface area contributed by atoms with Gasteiger partial charge in [-0.05, 0) is 0 Å². The number of rotatable bonds is 2. The molecule has 98 valence electrons. The lowest BCUT2D eigenvalue weighted by atomic mass is 10.0. The Bertz CT molecular complexity index is 369. The average molecular weight is 281 g/mol. The Morgan fingerprint density at radius 2 is 2.24 bits per heavy atom. The van der Waals surface area contributed by atoms with Crippen LogP contribution in [-0.2, 0) is 11.8 Å². The molecule has 1 saturated heterocycles. The van der Waals surface area contributed by atoms with E-state index in [0.29, 0.717) is 0 Å². The van der Waals surface area contributed by atoms with Crippen molar-refractivity contribution in [3.63, 3.8) is 0 Å². The van der Waals surface area contributed by atoms with E-state index in [0.717, 1.165) is 18.9 Å². The molecule has 0 radical (unpaired) electrons. The molecule has 2 atom stereocenters. The van der Waals surface area contributed by atoms with Crippen LogP contribution < -0.4 is 10.6 Å². The Hall–Kier alpha value is -0.780. The van der Waals surface area contributed by atoms with Crippen LogP contribution in [0.1, 0.15) is 18.7 Å². The van der Waals surface area contributed by atoms with Crippen LogP contribution in [0, 0.1) is 0 Å². The highest BCUT2D eigenvalue weighted by Crippen LogP contribution is 2.20. The second-order valence-corrected chi connectivity index (χ2v) is 3.97. The highest BCUT2D eigenvalue weighted by Gasteiger charge is 2.31. The average Bonchev–Trinajstić information content (AvgIpc) is 2.73. The molecular weight excluding hydrogens is 263 g/mol. The van der Waals surface area contributed by atoms with E-state index in [1.165, 1.54) is 0 Å². The molecule has 2 N–H and O–H groups in total. The van der Waals surface area contributed by atoms with Gasteiger partial charge in [-0.15, -0.1) is 24.8 Å². The van der Waals surface area contributed by atoms with Crippen molar-refractivity contribution >= 4 is 30.7 Å². The normalized spacial score (nSPS) is 22.5. The Morgan fingerprint density at radius 1 is 1.53 bits per heavy atom. The number of carbonyl (C=O) groups excluding carboxylic acids is 1. The van der Waals surface area contributed by atoms with Crippen molar-refractivity contribution < 1.29 is 4.79 Å². The summed E-state index contributed by atoms with van der Waals surface area (Å²) in [5.41, 5.74) is 0. The third kappa shape index (κ3) is 3.59. The van der Waals surface area contributed by atoms with Gasteiger partial charge in [0.15, 0.2) is 0 Å². The number of carbonyl (C=O) groups is 1. The molecule has 5 nitrogen and oxygen atoms in total. The minimum Gasteiger partial charge on any atom is -0.352 e. The number of nitrogens with zero attached hydrogens (tertiary/aromatic N) is 2. The first-order chi connectivity index (χ1) is 7.18. The summed E-state index contributed by atoms with van der Waals surface area (Å²) in [6.45, 7) is 3.24. The molecule has 1 amide bonds. The number of amides is 1. The van der Waals surface area contributed by atoms with Crippen molar-refractivity contribution in [1.29, 1.82) is 0 Å². The summed E-state index contributed by atoms with van der Waals surface area (Å²) in [6, 6.07) is 0.156. The van der Waals surface area contributed by atoms with Crippen molar-refractivity contribution in [2.24, 2.45) is 7.05 Å². The number of nitrogens with one attached hydrogen (secondary N) is 2. The van der Waals surface area contributed by atoms with Gasteiger partial charge < -0.3 is 15.2 Å². The van der Waals surface area contributed by atoms with Gasteiger partial charge in [0.05, 0.1) is 12.0 Å². The molecule has 0 bridgehead atoms. The van der Waals surface area contributed by atoms with Gasteiger partial charge in [-0.2, -0.15) is 0 Å². The highest BCUT2D eigenvalue weighted by atomic mass is 35.5. The van der Waals surface area contributed by atoms with Crippen molar-refractivity contribution in [2.45, 2.75) is 18.9 Å². The van der Waals surface area contributed by atoms with Crippen LogP contribution in [0.5, 0.6) is 0 Å². The lowest BCUT2D eigenvalue weighted by Gasteiger charge is -2.18. The monoisotopic (exact) mass is 280 g/mol. The maximum atomic E-state index is 11.0. The molecule has 1 aliphatic heterocycles. The molecule has 2 heterocycles. The van der Waals surface area contributed by atoms with Crippen molar-refractivity contribution in [1.82, 2.24) is 20.2 Å². The first-order valence-electron chi connectivity index (χ1n) is 5.13. The lowest BCUT2D eigenvalue weighted by molar-refractivity contribution is -0.119. The van der Waals surface area contributed by atoms with E-state index in [-0.39, 0.29) is 42.7 Å². The fraction of sp³-hybridized carbons (Fsp3) is 0.600. The Labute approximate surface area is 113 Å². The van der Waals surface area contributed by atoms with Gasteiger partial charge in [-0.1, -0.05) is 0 Å². The minimum absolute atomic E-state index is 0. The minimum atomic E-state index is 0. The number of hydrogen-bond donors (Lipinski definition) is 2. The number of aryl methyl sites for hydroxylation is 1. The molecule has 0 spiro atoms. The fourth-order valence-electron chi connectivity index (χ4n) is 2.10. The van der Waals surface area contributed by atoms with Gasteiger partial charge in [0.25, 0.3) is 0 Å². The van der Waals surface area contributed by atoms with E-state index in [1.807, 2.05) is 17.8 Å². The summed E-state index contributed by atoms with van der Waals surface area (Å²) in [5.74, 6) is 1.32. The first kappa shape index (κ1) is 16.2. The molecule has 1 aliphatic rings. The predicted molar refractivity (Wildman–Crippen MR) is 70.9 cm³/mol. The summed E-state index contributed by atoms with van der Waals surface area (Å²) in [4.78, 5) is 15.4. The standard InChI is InChI=1S/C10H16N4O.2ClH/c1-7(15)13-9-6-11-5-8(9)10-12-3-4-14(10)2;;/h3-4,8-9,11H,5-6H2,1-2H3,(H,13,15);2*1H. The summed E-state index contributed by atoms with van der Waals surface area (Å²) in [6.07, 6.45) is 3.72. The number of aromatic nitrogens is 2.